The van der Waals surface area contributed by atoms with Gasteiger partial charge in [0.2, 0.25) is 0 Å². The zero-order chi connectivity index (χ0) is 19.1. The predicted octanol–water partition coefficient (Wildman–Crippen LogP) is 6.57. The number of aromatic amines is 1. The van der Waals surface area contributed by atoms with E-state index in [0.29, 0.717) is 5.56 Å². The zero-order valence-corrected chi connectivity index (χ0v) is 16.6. The first-order chi connectivity index (χ1) is 13.7. The molecule has 28 heavy (non-hydrogen) atoms. The SMILES string of the molecule is O=C(Nc1ccc(-c2ccc3cc2c2c[nH]c3c2)cc1)c1ccc(CBr)cc1. The lowest BCUT2D eigenvalue weighted by Crippen LogP contribution is -2.11. The van der Waals surface area contributed by atoms with Crippen molar-refractivity contribution >= 4 is 49.2 Å². The number of anilines is 1. The monoisotopic (exact) mass is 428 g/mol. The molecule has 1 amide bonds. The predicted molar refractivity (Wildman–Crippen MR) is 119 cm³/mol. The summed E-state index contributed by atoms with van der Waals surface area (Å²) in [5.41, 5.74) is 6.06. The van der Waals surface area contributed by atoms with Crippen molar-refractivity contribution in [1.29, 1.82) is 0 Å². The van der Waals surface area contributed by atoms with Crippen molar-refractivity contribution in [2.45, 2.75) is 5.33 Å². The van der Waals surface area contributed by atoms with Gasteiger partial charge in [0, 0.05) is 33.7 Å². The van der Waals surface area contributed by atoms with E-state index in [9.17, 15) is 4.79 Å². The fourth-order valence-corrected chi connectivity index (χ4v) is 3.97. The van der Waals surface area contributed by atoms with Crippen LogP contribution in [0.15, 0.2) is 79.0 Å². The van der Waals surface area contributed by atoms with Gasteiger partial charge in [-0.2, -0.15) is 0 Å². The van der Waals surface area contributed by atoms with Gasteiger partial charge in [-0.15, -0.1) is 0 Å². The smallest absolute Gasteiger partial charge is 0.255 e. The second-order valence-corrected chi connectivity index (χ2v) is 7.49. The van der Waals surface area contributed by atoms with Crippen LogP contribution in [0.25, 0.3) is 32.8 Å². The van der Waals surface area contributed by atoms with E-state index in [4.69, 9.17) is 0 Å². The second kappa shape index (κ2) is 6.80. The van der Waals surface area contributed by atoms with Gasteiger partial charge < -0.3 is 10.3 Å². The summed E-state index contributed by atoms with van der Waals surface area (Å²) in [4.78, 5) is 15.8. The van der Waals surface area contributed by atoms with E-state index >= 15 is 0 Å². The third-order valence-corrected chi connectivity index (χ3v) is 5.80. The van der Waals surface area contributed by atoms with Crippen LogP contribution < -0.4 is 5.32 Å². The van der Waals surface area contributed by atoms with Gasteiger partial charge in [-0.25, -0.2) is 0 Å². The minimum atomic E-state index is -0.104. The van der Waals surface area contributed by atoms with Crippen LogP contribution in [-0.2, 0) is 5.33 Å². The van der Waals surface area contributed by atoms with Gasteiger partial charge >= 0.3 is 0 Å². The molecule has 0 saturated heterocycles. The fraction of sp³-hybridized carbons (Fsp3) is 0.0417. The Morgan fingerprint density at radius 3 is 2.43 bits per heavy atom. The first kappa shape index (κ1) is 17.0. The lowest BCUT2D eigenvalue weighted by Gasteiger charge is -2.09. The van der Waals surface area contributed by atoms with Gasteiger partial charge in [0.1, 0.15) is 0 Å². The first-order valence-corrected chi connectivity index (χ1v) is 10.2. The number of carbonyl (C=O) groups is 1. The summed E-state index contributed by atoms with van der Waals surface area (Å²) in [6.07, 6.45) is 2.05. The van der Waals surface area contributed by atoms with Crippen LogP contribution in [0.4, 0.5) is 5.69 Å². The van der Waals surface area contributed by atoms with Crippen LogP contribution in [0.5, 0.6) is 0 Å². The molecule has 4 aromatic carbocycles. The zero-order valence-electron chi connectivity index (χ0n) is 15.0. The number of H-pyrrole nitrogens is 1. The van der Waals surface area contributed by atoms with Crippen molar-refractivity contribution in [2.24, 2.45) is 0 Å². The molecule has 2 N–H and O–H groups in total. The fourth-order valence-electron chi connectivity index (χ4n) is 3.60. The Morgan fingerprint density at radius 2 is 1.68 bits per heavy atom. The van der Waals surface area contributed by atoms with Crippen molar-refractivity contribution < 1.29 is 4.79 Å². The molecule has 0 aliphatic rings. The number of rotatable bonds is 4. The van der Waals surface area contributed by atoms with E-state index < -0.39 is 0 Å². The molecule has 0 saturated carbocycles. The Morgan fingerprint density at radius 1 is 0.893 bits per heavy atom. The molecule has 5 aromatic rings. The molecule has 0 radical (unpaired) electrons. The molecule has 0 aliphatic carbocycles. The van der Waals surface area contributed by atoms with Crippen molar-refractivity contribution in [1.82, 2.24) is 4.98 Å². The molecule has 0 unspecified atom stereocenters. The lowest BCUT2D eigenvalue weighted by atomic mass is 9.97. The van der Waals surface area contributed by atoms with Crippen molar-refractivity contribution in [3.63, 3.8) is 0 Å². The topological polar surface area (TPSA) is 44.9 Å². The summed E-state index contributed by atoms with van der Waals surface area (Å²) in [6, 6.07) is 24.3. The summed E-state index contributed by atoms with van der Waals surface area (Å²) < 4.78 is 0. The molecular weight excluding hydrogens is 412 g/mol. The van der Waals surface area contributed by atoms with Gasteiger partial charge in [0.05, 0.1) is 0 Å². The van der Waals surface area contributed by atoms with Crippen LogP contribution in [0, 0.1) is 0 Å². The molecule has 1 aromatic heterocycles. The average molecular weight is 429 g/mol. The minimum Gasteiger partial charge on any atom is -0.361 e. The largest absolute Gasteiger partial charge is 0.361 e. The number of hydrogen-bond acceptors (Lipinski definition) is 1. The van der Waals surface area contributed by atoms with E-state index in [1.54, 1.807) is 0 Å². The Bertz CT molecular complexity index is 1270. The molecule has 3 nitrogen and oxygen atoms in total. The molecule has 4 heteroatoms. The van der Waals surface area contributed by atoms with Crippen LogP contribution >= 0.6 is 15.9 Å². The highest BCUT2D eigenvalue weighted by Crippen LogP contribution is 2.33. The van der Waals surface area contributed by atoms with E-state index in [2.05, 4.69) is 68.8 Å². The Hall–Kier alpha value is -3.11. The quantitative estimate of drug-likeness (QED) is 0.312. The highest BCUT2D eigenvalue weighted by atomic mass is 79.9. The maximum Gasteiger partial charge on any atom is 0.255 e. The van der Waals surface area contributed by atoms with Crippen LogP contribution in [0.2, 0.25) is 0 Å². The minimum absolute atomic E-state index is 0.104. The number of benzene rings is 4. The standard InChI is InChI=1S/C24H17BrN2O/c25-13-15-1-3-17(4-2-15)24(28)27-20-8-5-16(6-9-20)21-10-7-18-11-22(21)19-12-23(18)26-14-19/h1-12,14,26H,13H2,(H,27,28). The number of nitrogens with one attached hydrogen (secondary N) is 2. The maximum atomic E-state index is 12.5. The van der Waals surface area contributed by atoms with Gasteiger partial charge in [-0.05, 0) is 63.9 Å². The van der Waals surface area contributed by atoms with E-state index in [-0.39, 0.29) is 5.91 Å². The summed E-state index contributed by atoms with van der Waals surface area (Å²) in [7, 11) is 0. The van der Waals surface area contributed by atoms with E-state index in [1.807, 2.05) is 36.4 Å². The Labute approximate surface area is 170 Å². The van der Waals surface area contributed by atoms with Gasteiger partial charge in [-0.1, -0.05) is 52.3 Å². The van der Waals surface area contributed by atoms with E-state index in [0.717, 1.165) is 27.7 Å². The van der Waals surface area contributed by atoms with Gasteiger partial charge in [-0.3, -0.25) is 4.79 Å². The number of halogens is 1. The van der Waals surface area contributed by atoms with Crippen molar-refractivity contribution in [2.75, 3.05) is 5.32 Å². The number of amides is 1. The average Bonchev–Trinajstić information content (AvgIpc) is 3.19. The van der Waals surface area contributed by atoms with Crippen LogP contribution in [0.3, 0.4) is 0 Å². The number of alkyl halides is 1. The third-order valence-electron chi connectivity index (χ3n) is 5.15. The van der Waals surface area contributed by atoms with Crippen LogP contribution in [-0.4, -0.2) is 10.9 Å². The highest BCUT2D eigenvalue weighted by Gasteiger charge is 2.10. The van der Waals surface area contributed by atoms with Crippen molar-refractivity contribution in [3.05, 3.63) is 90.1 Å². The number of hydrogen-bond donors (Lipinski definition) is 2. The molecule has 0 spiro atoms. The molecule has 0 atom stereocenters. The highest BCUT2D eigenvalue weighted by molar-refractivity contribution is 9.08. The normalized spacial score (nSPS) is 11.3. The summed E-state index contributed by atoms with van der Waals surface area (Å²) in [6.45, 7) is 0. The number of carbonyl (C=O) groups excluding carboxylic acids is 1. The van der Waals surface area contributed by atoms with Crippen molar-refractivity contribution in [3.8, 4) is 11.1 Å². The lowest BCUT2D eigenvalue weighted by molar-refractivity contribution is 0.102. The van der Waals surface area contributed by atoms with E-state index in [1.165, 1.54) is 21.7 Å². The van der Waals surface area contributed by atoms with Gasteiger partial charge in [0.25, 0.3) is 5.91 Å². The molecule has 4 bridgehead atoms. The molecule has 1 heterocycles. The summed E-state index contributed by atoms with van der Waals surface area (Å²) >= 11 is 3.42. The van der Waals surface area contributed by atoms with Gasteiger partial charge in [0.15, 0.2) is 0 Å². The molecule has 0 fully saturated rings. The molecule has 0 aliphatic heterocycles. The third kappa shape index (κ3) is 2.96. The molecule has 5 rings (SSSR count). The first-order valence-electron chi connectivity index (χ1n) is 9.11. The maximum absolute atomic E-state index is 12.5. The number of aromatic nitrogens is 1. The van der Waals surface area contributed by atoms with Crippen LogP contribution in [0.1, 0.15) is 15.9 Å². The second-order valence-electron chi connectivity index (χ2n) is 6.92. The Kier molecular flexibility index (Phi) is 4.14. The number of fused-ring (bicyclic) bond motifs is 6. The summed E-state index contributed by atoms with van der Waals surface area (Å²) in [5.74, 6) is -0.104. The molecular formula is C24H17BrN2O. The summed E-state index contributed by atoms with van der Waals surface area (Å²) in [5, 5.41) is 7.41. The Balaban J connectivity index is 1.40. The molecule has 136 valence electrons.